The highest BCUT2D eigenvalue weighted by Gasteiger charge is 2.34. The number of carbonyl (C=O) groups excluding carboxylic acids is 3. The Kier molecular flexibility index (Phi) is 9.09. The van der Waals surface area contributed by atoms with Crippen LogP contribution < -0.4 is 14.9 Å². The largest absolute Gasteiger partial charge is 0.636 e. The fraction of sp³-hybridized carbons (Fsp3) is 0.323. The zero-order chi connectivity index (χ0) is 29.6. The first kappa shape index (κ1) is 29.2. The fourth-order valence-corrected chi connectivity index (χ4v) is 4.98. The number of methoxy groups -OCH3 is 1. The van der Waals surface area contributed by atoms with Gasteiger partial charge in [0.25, 0.3) is 5.91 Å². The summed E-state index contributed by atoms with van der Waals surface area (Å²) >= 11 is 0. The quantitative estimate of drug-likeness (QED) is 0.358. The number of amides is 1. The van der Waals surface area contributed by atoms with Gasteiger partial charge in [0.15, 0.2) is 0 Å². The molecule has 1 aliphatic carbocycles. The van der Waals surface area contributed by atoms with Crippen molar-refractivity contribution in [2.45, 2.75) is 18.9 Å². The SMILES string of the molecule is COCCN(C)C(=O)c1ccc(Oc2cccc3c2CC[C@H]3Oc2ccc(B3OC(=O)CN(C)CC(=O)O3)cc2)cc1. The van der Waals surface area contributed by atoms with Gasteiger partial charge in [0.05, 0.1) is 19.7 Å². The molecule has 1 fully saturated rings. The molecule has 1 atom stereocenters. The maximum Gasteiger partial charge on any atom is 0.636 e. The summed E-state index contributed by atoms with van der Waals surface area (Å²) in [5, 5.41) is 0. The summed E-state index contributed by atoms with van der Waals surface area (Å²) in [6.45, 7) is 1.01. The average Bonchev–Trinajstić information content (AvgIpc) is 3.38. The van der Waals surface area contributed by atoms with E-state index in [1.54, 1.807) is 74.6 Å². The van der Waals surface area contributed by atoms with E-state index in [9.17, 15) is 14.4 Å². The Hall–Kier alpha value is -4.35. The van der Waals surface area contributed by atoms with Crippen LogP contribution in [0.25, 0.3) is 0 Å². The van der Waals surface area contributed by atoms with E-state index < -0.39 is 19.1 Å². The highest BCUT2D eigenvalue weighted by molar-refractivity contribution is 6.64. The van der Waals surface area contributed by atoms with E-state index in [4.69, 9.17) is 23.5 Å². The van der Waals surface area contributed by atoms with E-state index in [1.165, 1.54) is 4.90 Å². The molecule has 1 saturated heterocycles. The highest BCUT2D eigenvalue weighted by Crippen LogP contribution is 2.40. The van der Waals surface area contributed by atoms with E-state index in [1.807, 2.05) is 18.2 Å². The van der Waals surface area contributed by atoms with Crippen LogP contribution in [0.3, 0.4) is 0 Å². The molecule has 3 aromatic carbocycles. The first-order valence-corrected chi connectivity index (χ1v) is 13.8. The lowest BCUT2D eigenvalue weighted by atomic mass is 9.78. The number of fused-ring (bicyclic) bond motifs is 1. The predicted molar refractivity (Wildman–Crippen MR) is 155 cm³/mol. The number of benzene rings is 3. The van der Waals surface area contributed by atoms with Gasteiger partial charge in [0.1, 0.15) is 23.4 Å². The number of hydrogen-bond donors (Lipinski definition) is 0. The zero-order valence-electron chi connectivity index (χ0n) is 23.9. The van der Waals surface area contributed by atoms with Crippen molar-refractivity contribution in [3.63, 3.8) is 0 Å². The molecule has 5 rings (SSSR count). The number of nitrogens with zero attached hydrogens (tertiary/aromatic N) is 2. The molecule has 0 saturated carbocycles. The molecule has 42 heavy (non-hydrogen) atoms. The molecule has 1 amide bonds. The summed E-state index contributed by atoms with van der Waals surface area (Å²) in [5.74, 6) is 1.02. The third kappa shape index (κ3) is 6.92. The molecular formula is C31H33BN2O8. The Morgan fingerprint density at radius 3 is 2.31 bits per heavy atom. The van der Waals surface area contributed by atoms with Crippen molar-refractivity contribution >= 4 is 30.4 Å². The molecule has 0 radical (unpaired) electrons. The lowest BCUT2D eigenvalue weighted by Crippen LogP contribution is -2.47. The summed E-state index contributed by atoms with van der Waals surface area (Å²) in [4.78, 5) is 39.9. The molecule has 0 unspecified atom stereocenters. The topological polar surface area (TPSA) is 104 Å². The zero-order valence-corrected chi connectivity index (χ0v) is 23.9. The molecule has 3 aromatic rings. The van der Waals surface area contributed by atoms with Crippen LogP contribution in [-0.2, 0) is 30.1 Å². The van der Waals surface area contributed by atoms with Gasteiger partial charge in [-0.1, -0.05) is 24.3 Å². The van der Waals surface area contributed by atoms with Crippen molar-refractivity contribution in [2.75, 3.05) is 47.4 Å². The lowest BCUT2D eigenvalue weighted by molar-refractivity contribution is -0.145. The van der Waals surface area contributed by atoms with E-state index in [0.29, 0.717) is 35.7 Å². The van der Waals surface area contributed by atoms with Crippen LogP contribution in [0.4, 0.5) is 0 Å². The van der Waals surface area contributed by atoms with Gasteiger partial charge in [0.2, 0.25) is 0 Å². The van der Waals surface area contributed by atoms with Crippen LogP contribution in [0.1, 0.15) is 34.0 Å². The number of rotatable bonds is 9. The Morgan fingerprint density at radius 2 is 1.64 bits per heavy atom. The second kappa shape index (κ2) is 13.1. The minimum Gasteiger partial charge on any atom is -0.494 e. The average molecular weight is 572 g/mol. The summed E-state index contributed by atoms with van der Waals surface area (Å²) in [6, 6.07) is 20.0. The summed E-state index contributed by atoms with van der Waals surface area (Å²) < 4.78 is 28.3. The molecule has 1 heterocycles. The van der Waals surface area contributed by atoms with Gasteiger partial charge in [-0.3, -0.25) is 19.3 Å². The van der Waals surface area contributed by atoms with E-state index in [2.05, 4.69) is 0 Å². The van der Waals surface area contributed by atoms with Gasteiger partial charge < -0.3 is 28.4 Å². The number of hydrogen-bond acceptors (Lipinski definition) is 9. The normalized spacial score (nSPS) is 17.0. The molecule has 1 aliphatic heterocycles. The van der Waals surface area contributed by atoms with Crippen molar-refractivity contribution in [3.05, 3.63) is 83.4 Å². The van der Waals surface area contributed by atoms with Crippen molar-refractivity contribution in [3.8, 4) is 17.2 Å². The van der Waals surface area contributed by atoms with Crippen LogP contribution in [0.5, 0.6) is 17.2 Å². The maximum atomic E-state index is 12.6. The molecule has 218 valence electrons. The van der Waals surface area contributed by atoms with Crippen LogP contribution in [0.2, 0.25) is 0 Å². The van der Waals surface area contributed by atoms with Crippen LogP contribution in [-0.4, -0.2) is 82.2 Å². The molecule has 0 N–H and O–H groups in total. The third-order valence-electron chi connectivity index (χ3n) is 7.18. The van der Waals surface area contributed by atoms with E-state index in [0.717, 1.165) is 29.7 Å². The fourth-order valence-electron chi connectivity index (χ4n) is 4.98. The van der Waals surface area contributed by atoms with Gasteiger partial charge in [-0.25, -0.2) is 0 Å². The molecule has 10 nitrogen and oxygen atoms in total. The van der Waals surface area contributed by atoms with E-state index >= 15 is 0 Å². The molecular weight excluding hydrogens is 539 g/mol. The highest BCUT2D eigenvalue weighted by atomic mass is 16.6. The summed E-state index contributed by atoms with van der Waals surface area (Å²) in [7, 11) is 3.91. The number of carbonyl (C=O) groups is 3. The Labute approximate surface area is 245 Å². The van der Waals surface area contributed by atoms with Crippen molar-refractivity contribution < 1.29 is 37.9 Å². The number of ether oxygens (including phenoxy) is 3. The minimum atomic E-state index is -1.09. The minimum absolute atomic E-state index is 0.0114. The van der Waals surface area contributed by atoms with Gasteiger partial charge in [0, 0.05) is 37.3 Å². The first-order valence-electron chi connectivity index (χ1n) is 13.8. The van der Waals surface area contributed by atoms with Crippen LogP contribution >= 0.6 is 0 Å². The van der Waals surface area contributed by atoms with Crippen LogP contribution in [0.15, 0.2) is 66.7 Å². The maximum absolute atomic E-state index is 12.6. The standard InChI is InChI=1S/C31H33BN2O8/c1-33-19-29(35)41-32(42-30(36)20-33)22-9-13-24(14-10-22)40-28-16-15-26-25(28)5-4-6-27(26)39-23-11-7-21(8-12-23)31(37)34(2)17-18-38-3/h4-14,28H,15-20H2,1-3H3/t28-/m1/s1. The molecule has 2 aliphatic rings. The van der Waals surface area contributed by atoms with Gasteiger partial charge in [-0.2, -0.15) is 0 Å². The predicted octanol–water partition coefficient (Wildman–Crippen LogP) is 2.99. The molecule has 0 bridgehead atoms. The Morgan fingerprint density at radius 1 is 0.976 bits per heavy atom. The molecule has 0 aromatic heterocycles. The van der Waals surface area contributed by atoms with Crippen molar-refractivity contribution in [1.29, 1.82) is 0 Å². The summed E-state index contributed by atoms with van der Waals surface area (Å²) in [5.41, 5.74) is 3.26. The van der Waals surface area contributed by atoms with Crippen molar-refractivity contribution in [1.82, 2.24) is 9.80 Å². The van der Waals surface area contributed by atoms with Crippen molar-refractivity contribution in [2.24, 2.45) is 0 Å². The second-order valence-corrected chi connectivity index (χ2v) is 10.4. The second-order valence-electron chi connectivity index (χ2n) is 10.4. The lowest BCUT2D eigenvalue weighted by Gasteiger charge is -2.22. The van der Waals surface area contributed by atoms with Gasteiger partial charge in [-0.05, 0) is 67.9 Å². The van der Waals surface area contributed by atoms with Gasteiger partial charge in [-0.15, -0.1) is 0 Å². The van der Waals surface area contributed by atoms with E-state index in [-0.39, 0.29) is 25.1 Å². The van der Waals surface area contributed by atoms with Crippen LogP contribution in [0, 0.1) is 0 Å². The third-order valence-corrected chi connectivity index (χ3v) is 7.18. The smallest absolute Gasteiger partial charge is 0.494 e. The summed E-state index contributed by atoms with van der Waals surface area (Å²) in [6.07, 6.45) is 1.41. The monoisotopic (exact) mass is 572 g/mol. The Balaban J connectivity index is 1.23. The Bertz CT molecular complexity index is 1410. The van der Waals surface area contributed by atoms with Gasteiger partial charge >= 0.3 is 19.1 Å². The number of likely N-dealkylation sites (N-methyl/N-ethyl adjacent to an activating group) is 2. The molecule has 0 spiro atoms. The first-order chi connectivity index (χ1) is 20.3. The molecule has 11 heteroatoms.